The van der Waals surface area contributed by atoms with Crippen molar-refractivity contribution in [2.75, 3.05) is 61.6 Å². The number of ether oxygens (including phenoxy) is 1. The Balaban J connectivity index is 1.68. The van der Waals surface area contributed by atoms with E-state index in [4.69, 9.17) is 9.72 Å². The molecule has 7 nitrogen and oxygen atoms in total. The van der Waals surface area contributed by atoms with Crippen LogP contribution in [-0.2, 0) is 11.3 Å². The quantitative estimate of drug-likeness (QED) is 0.498. The Bertz CT molecular complexity index is 1070. The van der Waals surface area contributed by atoms with E-state index in [9.17, 15) is 4.79 Å². The Hall–Kier alpha value is -2.80. The summed E-state index contributed by atoms with van der Waals surface area (Å²) >= 11 is 0. The zero-order chi connectivity index (χ0) is 25.5. The second-order valence-corrected chi connectivity index (χ2v) is 10.5. The van der Waals surface area contributed by atoms with Gasteiger partial charge >= 0.3 is 0 Å². The number of hydrogen-bond acceptors (Lipinski definition) is 6. The molecule has 196 valence electrons. The summed E-state index contributed by atoms with van der Waals surface area (Å²) in [6.07, 6.45) is 8.15. The van der Waals surface area contributed by atoms with E-state index in [2.05, 4.69) is 52.6 Å². The molecule has 0 amide bonds. The Kier molecular flexibility index (Phi) is 9.08. The SMILES string of the molecule is C=C(CCC)c1nc(N(Cc2cccc(N3CCOCC3)c2)CC2CCCCC2)[nH]c(=O)c1N(C)C. The Labute approximate surface area is 216 Å². The molecule has 2 aliphatic rings. The number of anilines is 3. The third-order valence-corrected chi connectivity index (χ3v) is 7.38. The maximum absolute atomic E-state index is 13.3. The fraction of sp³-hybridized carbons (Fsp3) is 0.586. The van der Waals surface area contributed by atoms with E-state index in [-0.39, 0.29) is 5.56 Å². The van der Waals surface area contributed by atoms with Crippen LogP contribution in [0.5, 0.6) is 0 Å². The molecule has 2 fully saturated rings. The third kappa shape index (κ3) is 6.49. The lowest BCUT2D eigenvalue weighted by molar-refractivity contribution is 0.122. The van der Waals surface area contributed by atoms with Crippen molar-refractivity contribution < 1.29 is 4.74 Å². The first-order valence-electron chi connectivity index (χ1n) is 13.6. The first-order valence-corrected chi connectivity index (χ1v) is 13.6. The Morgan fingerprint density at radius 2 is 1.94 bits per heavy atom. The number of benzene rings is 1. The standard InChI is InChI=1S/C29H43N5O2/c1-5-10-22(2)26-27(32(3)4)28(35)31-29(30-26)34(20-23-11-7-6-8-12-23)21-24-13-9-14-25(19-24)33-15-17-36-18-16-33/h9,13-14,19,23H,2,5-8,10-12,15-18,20-21H2,1,3-4H3,(H,30,31,35). The minimum Gasteiger partial charge on any atom is -0.378 e. The second kappa shape index (κ2) is 12.4. The predicted molar refractivity (Wildman–Crippen MR) is 150 cm³/mol. The molecule has 0 spiro atoms. The molecule has 2 heterocycles. The number of morpholine rings is 1. The lowest BCUT2D eigenvalue weighted by atomic mass is 9.89. The predicted octanol–water partition coefficient (Wildman–Crippen LogP) is 5.07. The summed E-state index contributed by atoms with van der Waals surface area (Å²) in [4.78, 5) is 28.0. The summed E-state index contributed by atoms with van der Waals surface area (Å²) in [6.45, 7) is 11.4. The van der Waals surface area contributed by atoms with Crippen molar-refractivity contribution in [3.63, 3.8) is 0 Å². The van der Waals surface area contributed by atoms with Gasteiger partial charge in [-0.3, -0.25) is 9.78 Å². The molecule has 4 rings (SSSR count). The van der Waals surface area contributed by atoms with Crippen LogP contribution in [0.25, 0.3) is 5.57 Å². The van der Waals surface area contributed by atoms with Crippen LogP contribution in [-0.4, -0.2) is 56.9 Å². The second-order valence-electron chi connectivity index (χ2n) is 10.5. The molecular weight excluding hydrogens is 450 g/mol. The van der Waals surface area contributed by atoms with Gasteiger partial charge in [0.1, 0.15) is 5.69 Å². The summed E-state index contributed by atoms with van der Waals surface area (Å²) in [5.74, 6) is 1.27. The average Bonchev–Trinajstić information content (AvgIpc) is 2.89. The van der Waals surface area contributed by atoms with Gasteiger partial charge in [0.2, 0.25) is 5.95 Å². The van der Waals surface area contributed by atoms with Crippen LogP contribution in [0.15, 0.2) is 35.6 Å². The van der Waals surface area contributed by atoms with Gasteiger partial charge in [-0.05, 0) is 48.4 Å². The molecule has 1 aromatic heterocycles. The first-order chi connectivity index (χ1) is 17.5. The molecule has 1 aliphatic carbocycles. The van der Waals surface area contributed by atoms with E-state index in [1.807, 2.05) is 19.0 Å². The van der Waals surface area contributed by atoms with Gasteiger partial charge in [0.25, 0.3) is 5.56 Å². The van der Waals surface area contributed by atoms with Crippen LogP contribution in [0.4, 0.5) is 17.3 Å². The Morgan fingerprint density at radius 3 is 2.64 bits per heavy atom. The molecule has 2 aromatic rings. The molecule has 1 saturated heterocycles. The summed E-state index contributed by atoms with van der Waals surface area (Å²) in [6, 6.07) is 8.78. The highest BCUT2D eigenvalue weighted by Gasteiger charge is 2.23. The van der Waals surface area contributed by atoms with Crippen LogP contribution in [0.1, 0.15) is 63.1 Å². The summed E-state index contributed by atoms with van der Waals surface area (Å²) < 4.78 is 5.54. The molecule has 36 heavy (non-hydrogen) atoms. The number of hydrogen-bond donors (Lipinski definition) is 1. The van der Waals surface area contributed by atoms with Gasteiger partial charge < -0.3 is 19.4 Å². The highest BCUT2D eigenvalue weighted by molar-refractivity contribution is 5.73. The summed E-state index contributed by atoms with van der Waals surface area (Å²) in [5, 5.41) is 0. The van der Waals surface area contributed by atoms with Crippen LogP contribution in [0, 0.1) is 5.92 Å². The fourth-order valence-electron chi connectivity index (χ4n) is 5.49. The van der Waals surface area contributed by atoms with Gasteiger partial charge in [-0.2, -0.15) is 0 Å². The summed E-state index contributed by atoms with van der Waals surface area (Å²) in [7, 11) is 3.79. The molecule has 1 aromatic carbocycles. The van der Waals surface area contributed by atoms with Crippen molar-refractivity contribution in [1.29, 1.82) is 0 Å². The van der Waals surface area contributed by atoms with E-state index < -0.39 is 0 Å². The summed E-state index contributed by atoms with van der Waals surface area (Å²) in [5.41, 5.74) is 4.58. The zero-order valence-corrected chi connectivity index (χ0v) is 22.4. The number of aromatic amines is 1. The lowest BCUT2D eigenvalue weighted by Gasteiger charge is -2.32. The van der Waals surface area contributed by atoms with Crippen LogP contribution >= 0.6 is 0 Å². The molecule has 1 aliphatic heterocycles. The number of rotatable bonds is 10. The molecule has 0 atom stereocenters. The normalized spacial score (nSPS) is 16.7. The molecule has 1 saturated carbocycles. The molecule has 0 radical (unpaired) electrons. The highest BCUT2D eigenvalue weighted by Crippen LogP contribution is 2.29. The number of allylic oxidation sites excluding steroid dienone is 1. The van der Waals surface area contributed by atoms with E-state index in [0.29, 0.717) is 24.1 Å². The van der Waals surface area contributed by atoms with Gasteiger partial charge in [-0.25, -0.2) is 4.98 Å². The molecular formula is C29H43N5O2. The van der Waals surface area contributed by atoms with Crippen molar-refractivity contribution >= 4 is 22.9 Å². The van der Waals surface area contributed by atoms with Crippen LogP contribution in [0.2, 0.25) is 0 Å². The molecule has 1 N–H and O–H groups in total. The topological polar surface area (TPSA) is 64.7 Å². The van der Waals surface area contributed by atoms with Gasteiger partial charge in [-0.1, -0.05) is 51.3 Å². The molecule has 7 heteroatoms. The van der Waals surface area contributed by atoms with Crippen LogP contribution in [0.3, 0.4) is 0 Å². The number of H-pyrrole nitrogens is 1. The van der Waals surface area contributed by atoms with Crippen molar-refractivity contribution in [2.24, 2.45) is 5.92 Å². The van der Waals surface area contributed by atoms with E-state index in [1.54, 1.807) is 0 Å². The number of nitrogens with zero attached hydrogens (tertiary/aromatic N) is 4. The van der Waals surface area contributed by atoms with Crippen LogP contribution < -0.4 is 20.3 Å². The zero-order valence-electron chi connectivity index (χ0n) is 22.4. The first kappa shape index (κ1) is 26.3. The smallest absolute Gasteiger partial charge is 0.276 e. The molecule has 0 bridgehead atoms. The van der Waals surface area contributed by atoms with Gasteiger partial charge in [0.05, 0.1) is 18.9 Å². The van der Waals surface area contributed by atoms with E-state index >= 15 is 0 Å². The van der Waals surface area contributed by atoms with E-state index in [1.165, 1.54) is 43.4 Å². The molecule has 0 unspecified atom stereocenters. The van der Waals surface area contributed by atoms with Gasteiger partial charge in [0, 0.05) is 46.0 Å². The lowest BCUT2D eigenvalue weighted by Crippen LogP contribution is -2.36. The fourth-order valence-corrected chi connectivity index (χ4v) is 5.49. The minimum atomic E-state index is -0.104. The maximum Gasteiger partial charge on any atom is 0.276 e. The van der Waals surface area contributed by atoms with Crippen molar-refractivity contribution in [2.45, 2.75) is 58.4 Å². The van der Waals surface area contributed by atoms with Crippen molar-refractivity contribution in [3.8, 4) is 0 Å². The Morgan fingerprint density at radius 1 is 1.19 bits per heavy atom. The third-order valence-electron chi connectivity index (χ3n) is 7.38. The van der Waals surface area contributed by atoms with Crippen molar-refractivity contribution in [1.82, 2.24) is 9.97 Å². The average molecular weight is 494 g/mol. The highest BCUT2D eigenvalue weighted by atomic mass is 16.5. The van der Waals surface area contributed by atoms with Gasteiger partial charge in [-0.15, -0.1) is 0 Å². The monoisotopic (exact) mass is 493 g/mol. The minimum absolute atomic E-state index is 0.104. The van der Waals surface area contributed by atoms with Gasteiger partial charge in [0.15, 0.2) is 0 Å². The maximum atomic E-state index is 13.3. The number of aromatic nitrogens is 2. The van der Waals surface area contributed by atoms with Crippen molar-refractivity contribution in [3.05, 3.63) is 52.5 Å². The number of nitrogens with one attached hydrogen (secondary N) is 1. The van der Waals surface area contributed by atoms with E-state index in [0.717, 1.165) is 57.0 Å². The largest absolute Gasteiger partial charge is 0.378 e.